The molecule has 0 saturated heterocycles. The van der Waals surface area contributed by atoms with Crippen LogP contribution in [0.4, 0.5) is 0 Å². The molecule has 0 spiro atoms. The molecule has 0 atom stereocenters. The molecule has 1 aliphatic carbocycles. The van der Waals surface area contributed by atoms with Gasteiger partial charge in [0.1, 0.15) is 10.9 Å². The summed E-state index contributed by atoms with van der Waals surface area (Å²) in [6.45, 7) is 0. The predicted octanol–water partition coefficient (Wildman–Crippen LogP) is 2.19. The Bertz CT molecular complexity index is 258. The Balaban J connectivity index is 2.10. The Labute approximate surface area is 74.2 Å². The molecule has 1 aliphatic rings. The summed E-state index contributed by atoms with van der Waals surface area (Å²) in [6, 6.07) is 2.00. The average Bonchev–Trinajstić information content (AvgIpc) is 2.71. The van der Waals surface area contributed by atoms with Crippen LogP contribution in [-0.4, -0.2) is 9.97 Å². The summed E-state index contributed by atoms with van der Waals surface area (Å²) in [5, 5.41) is 0. The summed E-state index contributed by atoms with van der Waals surface area (Å²) >= 11 is 3.32. The van der Waals surface area contributed by atoms with Gasteiger partial charge in [-0.2, -0.15) is 0 Å². The largest absolute Gasteiger partial charge is 0.241 e. The molecule has 0 radical (unpaired) electrons. The van der Waals surface area contributed by atoms with Gasteiger partial charge in [-0.25, -0.2) is 9.97 Å². The standard InChI is InChI=1S/C8H9BrN2/c9-8-4-7(10-5-11-8)3-6-1-2-6/h4-6H,1-3H2. The van der Waals surface area contributed by atoms with Crippen molar-refractivity contribution in [1.29, 1.82) is 0 Å². The first kappa shape index (κ1) is 7.22. The van der Waals surface area contributed by atoms with Gasteiger partial charge in [0, 0.05) is 5.69 Å². The SMILES string of the molecule is Brc1cc(CC2CC2)ncn1. The number of nitrogens with zero attached hydrogens (tertiary/aromatic N) is 2. The smallest absolute Gasteiger partial charge is 0.116 e. The molecular weight excluding hydrogens is 204 g/mol. The van der Waals surface area contributed by atoms with E-state index in [-0.39, 0.29) is 0 Å². The molecule has 0 unspecified atom stereocenters. The van der Waals surface area contributed by atoms with E-state index in [4.69, 9.17) is 0 Å². The Morgan fingerprint density at radius 2 is 2.27 bits per heavy atom. The Kier molecular flexibility index (Phi) is 1.90. The van der Waals surface area contributed by atoms with Crippen LogP contribution in [-0.2, 0) is 6.42 Å². The fraction of sp³-hybridized carbons (Fsp3) is 0.500. The van der Waals surface area contributed by atoms with Crippen molar-refractivity contribution in [3.8, 4) is 0 Å². The van der Waals surface area contributed by atoms with Crippen LogP contribution in [0.3, 0.4) is 0 Å². The summed E-state index contributed by atoms with van der Waals surface area (Å²) in [6.07, 6.45) is 5.49. The minimum absolute atomic E-state index is 0.892. The molecule has 0 bridgehead atoms. The van der Waals surface area contributed by atoms with E-state index in [1.807, 2.05) is 6.07 Å². The van der Waals surface area contributed by atoms with Gasteiger partial charge in [-0.05, 0) is 47.2 Å². The van der Waals surface area contributed by atoms with Crippen LogP contribution in [0.1, 0.15) is 18.5 Å². The fourth-order valence-corrected chi connectivity index (χ4v) is 1.46. The highest BCUT2D eigenvalue weighted by atomic mass is 79.9. The molecule has 3 heteroatoms. The quantitative estimate of drug-likeness (QED) is 0.703. The van der Waals surface area contributed by atoms with Gasteiger partial charge in [-0.3, -0.25) is 0 Å². The fourth-order valence-electron chi connectivity index (χ4n) is 1.10. The number of hydrogen-bond donors (Lipinski definition) is 0. The first-order chi connectivity index (χ1) is 5.34. The maximum atomic E-state index is 4.18. The van der Waals surface area contributed by atoms with Gasteiger partial charge in [-0.1, -0.05) is 0 Å². The molecule has 2 rings (SSSR count). The van der Waals surface area contributed by atoms with E-state index in [1.54, 1.807) is 6.33 Å². The summed E-state index contributed by atoms with van der Waals surface area (Å²) < 4.78 is 0.892. The van der Waals surface area contributed by atoms with Gasteiger partial charge in [-0.15, -0.1) is 0 Å². The zero-order chi connectivity index (χ0) is 7.68. The second-order valence-corrected chi connectivity index (χ2v) is 3.79. The van der Waals surface area contributed by atoms with Crippen LogP contribution >= 0.6 is 15.9 Å². The van der Waals surface area contributed by atoms with Crippen LogP contribution < -0.4 is 0 Å². The van der Waals surface area contributed by atoms with E-state index in [1.165, 1.54) is 12.8 Å². The molecule has 11 heavy (non-hydrogen) atoms. The first-order valence-corrected chi connectivity index (χ1v) is 4.60. The van der Waals surface area contributed by atoms with Crippen molar-refractivity contribution in [2.24, 2.45) is 5.92 Å². The highest BCUT2D eigenvalue weighted by Gasteiger charge is 2.21. The molecule has 0 N–H and O–H groups in total. The number of halogens is 1. The molecule has 0 amide bonds. The Morgan fingerprint density at radius 1 is 1.45 bits per heavy atom. The van der Waals surface area contributed by atoms with E-state index in [0.717, 1.165) is 22.6 Å². The van der Waals surface area contributed by atoms with Gasteiger partial charge < -0.3 is 0 Å². The minimum atomic E-state index is 0.892. The molecule has 2 nitrogen and oxygen atoms in total. The van der Waals surface area contributed by atoms with Crippen molar-refractivity contribution in [3.63, 3.8) is 0 Å². The lowest BCUT2D eigenvalue weighted by molar-refractivity contribution is 0.796. The monoisotopic (exact) mass is 212 g/mol. The van der Waals surface area contributed by atoms with Crippen molar-refractivity contribution < 1.29 is 0 Å². The molecule has 1 fully saturated rings. The first-order valence-electron chi connectivity index (χ1n) is 3.81. The van der Waals surface area contributed by atoms with Gasteiger partial charge in [0.25, 0.3) is 0 Å². The zero-order valence-electron chi connectivity index (χ0n) is 6.13. The van der Waals surface area contributed by atoms with Crippen molar-refractivity contribution >= 4 is 15.9 Å². The predicted molar refractivity (Wildman–Crippen MR) is 46.2 cm³/mol. The van der Waals surface area contributed by atoms with Crippen molar-refractivity contribution in [1.82, 2.24) is 9.97 Å². The maximum Gasteiger partial charge on any atom is 0.116 e. The molecule has 1 saturated carbocycles. The summed E-state index contributed by atoms with van der Waals surface area (Å²) in [7, 11) is 0. The highest BCUT2D eigenvalue weighted by molar-refractivity contribution is 9.10. The van der Waals surface area contributed by atoms with Gasteiger partial charge in [0.15, 0.2) is 0 Å². The van der Waals surface area contributed by atoms with Crippen molar-refractivity contribution in [2.75, 3.05) is 0 Å². The van der Waals surface area contributed by atoms with Crippen LogP contribution in [0, 0.1) is 5.92 Å². The summed E-state index contributed by atoms with van der Waals surface area (Å²) in [5.74, 6) is 0.900. The maximum absolute atomic E-state index is 4.18. The second-order valence-electron chi connectivity index (χ2n) is 2.98. The van der Waals surface area contributed by atoms with Gasteiger partial charge in [0.05, 0.1) is 0 Å². The van der Waals surface area contributed by atoms with Crippen molar-refractivity contribution in [3.05, 3.63) is 22.7 Å². The van der Waals surface area contributed by atoms with Crippen LogP contribution in [0.15, 0.2) is 17.0 Å². The zero-order valence-corrected chi connectivity index (χ0v) is 7.71. The summed E-state index contributed by atoms with van der Waals surface area (Å²) in [4.78, 5) is 8.15. The number of aromatic nitrogens is 2. The minimum Gasteiger partial charge on any atom is -0.241 e. The third-order valence-electron chi connectivity index (χ3n) is 1.89. The molecule has 1 aromatic heterocycles. The molecule has 0 aliphatic heterocycles. The normalized spacial score (nSPS) is 16.8. The average molecular weight is 213 g/mol. The van der Waals surface area contributed by atoms with Crippen LogP contribution in [0.2, 0.25) is 0 Å². The molecule has 1 heterocycles. The lowest BCUT2D eigenvalue weighted by atomic mass is 10.2. The lowest BCUT2D eigenvalue weighted by Gasteiger charge is -1.96. The second kappa shape index (κ2) is 2.89. The summed E-state index contributed by atoms with van der Waals surface area (Å²) in [5.41, 5.74) is 1.16. The molecule has 1 aromatic rings. The third kappa shape index (κ3) is 1.99. The third-order valence-corrected chi connectivity index (χ3v) is 2.32. The van der Waals surface area contributed by atoms with E-state index < -0.39 is 0 Å². The Hall–Kier alpha value is -0.440. The van der Waals surface area contributed by atoms with Gasteiger partial charge >= 0.3 is 0 Å². The molecular formula is C8H9BrN2. The van der Waals surface area contributed by atoms with E-state index in [2.05, 4.69) is 25.9 Å². The highest BCUT2D eigenvalue weighted by Crippen LogP contribution is 2.32. The van der Waals surface area contributed by atoms with Gasteiger partial charge in [0.2, 0.25) is 0 Å². The van der Waals surface area contributed by atoms with E-state index >= 15 is 0 Å². The lowest BCUT2D eigenvalue weighted by Crippen LogP contribution is -1.92. The molecule has 0 aromatic carbocycles. The van der Waals surface area contributed by atoms with Crippen molar-refractivity contribution in [2.45, 2.75) is 19.3 Å². The Morgan fingerprint density at radius 3 is 2.91 bits per heavy atom. The van der Waals surface area contributed by atoms with Crippen LogP contribution in [0.25, 0.3) is 0 Å². The number of hydrogen-bond acceptors (Lipinski definition) is 2. The van der Waals surface area contributed by atoms with E-state index in [9.17, 15) is 0 Å². The van der Waals surface area contributed by atoms with Crippen LogP contribution in [0.5, 0.6) is 0 Å². The molecule has 58 valence electrons. The van der Waals surface area contributed by atoms with E-state index in [0.29, 0.717) is 0 Å². The topological polar surface area (TPSA) is 25.8 Å². The number of rotatable bonds is 2.